The molecule has 5 nitrogen and oxygen atoms in total. The smallest absolute Gasteiger partial charge is 0.257 e. The van der Waals surface area contributed by atoms with Crippen molar-refractivity contribution < 1.29 is 9.59 Å². The first-order chi connectivity index (χ1) is 14.4. The van der Waals surface area contributed by atoms with Crippen LogP contribution in [-0.4, -0.2) is 16.9 Å². The van der Waals surface area contributed by atoms with Gasteiger partial charge in [-0.1, -0.05) is 36.4 Å². The summed E-state index contributed by atoms with van der Waals surface area (Å²) in [6.45, 7) is 1.94. The quantitative estimate of drug-likeness (QED) is 0.325. The summed E-state index contributed by atoms with van der Waals surface area (Å²) in [6.07, 6.45) is 0. The van der Waals surface area contributed by atoms with E-state index < -0.39 is 0 Å². The Kier molecular flexibility index (Phi) is 7.53. The Hall–Kier alpha value is -2.78. The van der Waals surface area contributed by atoms with Crippen molar-refractivity contribution in [2.75, 3.05) is 5.32 Å². The molecule has 1 atom stereocenters. The molecule has 0 aliphatic carbocycles. The molecule has 3 N–H and O–H groups in total. The molecule has 0 saturated heterocycles. The highest BCUT2D eigenvalue weighted by Crippen LogP contribution is 2.14. The molecule has 0 radical (unpaired) electrons. The van der Waals surface area contributed by atoms with E-state index in [0.717, 1.165) is 9.13 Å². The molecule has 0 saturated carbocycles. The third-order valence-electron chi connectivity index (χ3n) is 4.37. The van der Waals surface area contributed by atoms with Gasteiger partial charge in [0.15, 0.2) is 5.11 Å². The molecule has 3 rings (SSSR count). The summed E-state index contributed by atoms with van der Waals surface area (Å²) >= 11 is 7.36. The number of benzene rings is 3. The van der Waals surface area contributed by atoms with Crippen molar-refractivity contribution in [2.45, 2.75) is 13.0 Å². The summed E-state index contributed by atoms with van der Waals surface area (Å²) in [5, 5.41) is 8.78. The van der Waals surface area contributed by atoms with E-state index >= 15 is 0 Å². The van der Waals surface area contributed by atoms with E-state index in [1.165, 1.54) is 0 Å². The predicted octanol–water partition coefficient (Wildman–Crippen LogP) is 4.91. The monoisotopic (exact) mass is 529 g/mol. The first-order valence-electron chi connectivity index (χ1n) is 9.26. The molecule has 0 spiro atoms. The Labute approximate surface area is 194 Å². The first kappa shape index (κ1) is 21.9. The van der Waals surface area contributed by atoms with Crippen molar-refractivity contribution in [3.63, 3.8) is 0 Å². The number of halogens is 1. The lowest BCUT2D eigenvalue weighted by Crippen LogP contribution is -2.34. The summed E-state index contributed by atoms with van der Waals surface area (Å²) in [7, 11) is 0. The molecule has 0 aliphatic heterocycles. The molecular weight excluding hydrogens is 509 g/mol. The maximum absolute atomic E-state index is 12.5. The van der Waals surface area contributed by atoms with Crippen molar-refractivity contribution in [1.82, 2.24) is 10.6 Å². The van der Waals surface area contributed by atoms with Gasteiger partial charge in [-0.25, -0.2) is 0 Å². The molecule has 7 heteroatoms. The Morgan fingerprint density at radius 3 is 2.23 bits per heavy atom. The molecule has 3 aromatic carbocycles. The van der Waals surface area contributed by atoms with E-state index in [4.69, 9.17) is 12.2 Å². The average Bonchev–Trinajstić information content (AvgIpc) is 2.74. The standard InChI is InChI=1S/C23H20IN3O2S/c1-15(16-6-3-2-4-7-16)25-21(28)17-10-12-20(13-11-17)26-23(30)27-22(29)18-8-5-9-19(24)14-18/h2-15H,1H3,(H,25,28)(H2,26,27,29,30). The third-order valence-corrected chi connectivity index (χ3v) is 5.24. The number of hydrogen-bond donors (Lipinski definition) is 3. The van der Waals surface area contributed by atoms with Gasteiger partial charge in [0.1, 0.15) is 0 Å². The third kappa shape index (κ3) is 6.11. The fourth-order valence-electron chi connectivity index (χ4n) is 2.78. The van der Waals surface area contributed by atoms with Gasteiger partial charge in [-0.3, -0.25) is 14.9 Å². The summed E-state index contributed by atoms with van der Waals surface area (Å²) in [6, 6.07) is 23.8. The fraction of sp³-hybridized carbons (Fsp3) is 0.0870. The predicted molar refractivity (Wildman–Crippen MR) is 132 cm³/mol. The van der Waals surface area contributed by atoms with E-state index in [-0.39, 0.29) is 23.0 Å². The van der Waals surface area contributed by atoms with Gasteiger partial charge in [-0.15, -0.1) is 0 Å². The van der Waals surface area contributed by atoms with Crippen LogP contribution in [0.4, 0.5) is 5.69 Å². The Morgan fingerprint density at radius 2 is 1.57 bits per heavy atom. The normalized spacial score (nSPS) is 11.3. The molecule has 0 aromatic heterocycles. The van der Waals surface area contributed by atoms with E-state index in [1.54, 1.807) is 36.4 Å². The van der Waals surface area contributed by atoms with Crippen molar-refractivity contribution in [1.29, 1.82) is 0 Å². The van der Waals surface area contributed by atoms with E-state index in [2.05, 4.69) is 38.5 Å². The van der Waals surface area contributed by atoms with Crippen LogP contribution >= 0.6 is 34.8 Å². The molecule has 152 valence electrons. The second-order valence-electron chi connectivity index (χ2n) is 6.60. The minimum absolute atomic E-state index is 0.0969. The van der Waals surface area contributed by atoms with E-state index in [0.29, 0.717) is 16.8 Å². The topological polar surface area (TPSA) is 70.2 Å². The Morgan fingerprint density at radius 1 is 0.867 bits per heavy atom. The molecule has 3 aromatic rings. The Bertz CT molecular complexity index is 1060. The van der Waals surface area contributed by atoms with Crippen molar-refractivity contribution in [3.8, 4) is 0 Å². The van der Waals surface area contributed by atoms with Gasteiger partial charge < -0.3 is 10.6 Å². The van der Waals surface area contributed by atoms with Crippen molar-refractivity contribution >= 4 is 57.4 Å². The van der Waals surface area contributed by atoms with Crippen LogP contribution < -0.4 is 16.0 Å². The van der Waals surface area contributed by atoms with Gasteiger partial charge in [-0.2, -0.15) is 0 Å². The average molecular weight is 529 g/mol. The highest BCUT2D eigenvalue weighted by Gasteiger charge is 2.12. The number of amides is 2. The highest BCUT2D eigenvalue weighted by molar-refractivity contribution is 14.1. The maximum atomic E-state index is 12.5. The summed E-state index contributed by atoms with van der Waals surface area (Å²) < 4.78 is 0.967. The zero-order valence-electron chi connectivity index (χ0n) is 16.2. The maximum Gasteiger partial charge on any atom is 0.257 e. The van der Waals surface area contributed by atoms with Crippen molar-refractivity contribution in [2.24, 2.45) is 0 Å². The lowest BCUT2D eigenvalue weighted by atomic mass is 10.1. The highest BCUT2D eigenvalue weighted by atomic mass is 127. The fourth-order valence-corrected chi connectivity index (χ4v) is 3.53. The second-order valence-corrected chi connectivity index (χ2v) is 8.26. The van der Waals surface area contributed by atoms with Crippen LogP contribution in [0.3, 0.4) is 0 Å². The molecule has 0 fully saturated rings. The van der Waals surface area contributed by atoms with Crippen LogP contribution in [0.15, 0.2) is 78.9 Å². The lowest BCUT2D eigenvalue weighted by molar-refractivity contribution is 0.0938. The minimum Gasteiger partial charge on any atom is -0.346 e. The number of anilines is 1. The van der Waals surface area contributed by atoms with Crippen LogP contribution in [0.5, 0.6) is 0 Å². The molecular formula is C23H20IN3O2S. The van der Waals surface area contributed by atoms with Gasteiger partial charge in [0.05, 0.1) is 6.04 Å². The van der Waals surface area contributed by atoms with Crippen LogP contribution in [0.1, 0.15) is 39.2 Å². The SMILES string of the molecule is CC(NC(=O)c1ccc(NC(=S)NC(=O)c2cccc(I)c2)cc1)c1ccccc1. The van der Waals surface area contributed by atoms with Crippen LogP contribution in [0.2, 0.25) is 0 Å². The number of thiocarbonyl (C=S) groups is 1. The number of carbonyl (C=O) groups is 2. The summed E-state index contributed by atoms with van der Waals surface area (Å²) in [4.78, 5) is 24.7. The second kappa shape index (κ2) is 10.3. The van der Waals surface area contributed by atoms with E-state index in [9.17, 15) is 9.59 Å². The molecule has 1 unspecified atom stereocenters. The largest absolute Gasteiger partial charge is 0.346 e. The minimum atomic E-state index is -0.281. The first-order valence-corrected chi connectivity index (χ1v) is 10.7. The number of nitrogens with one attached hydrogen (secondary N) is 3. The van der Waals surface area contributed by atoms with Crippen LogP contribution in [0, 0.1) is 3.57 Å². The number of rotatable bonds is 5. The van der Waals surface area contributed by atoms with Crippen LogP contribution in [0.25, 0.3) is 0 Å². The molecule has 0 heterocycles. The molecule has 0 aliphatic rings. The zero-order chi connectivity index (χ0) is 21.5. The molecule has 30 heavy (non-hydrogen) atoms. The van der Waals surface area contributed by atoms with Crippen LogP contribution in [-0.2, 0) is 0 Å². The van der Waals surface area contributed by atoms with Crippen molar-refractivity contribution in [3.05, 3.63) is 99.1 Å². The van der Waals surface area contributed by atoms with Gasteiger partial charge in [-0.05, 0) is 89.8 Å². The Balaban J connectivity index is 1.55. The number of carbonyl (C=O) groups excluding carboxylic acids is 2. The lowest BCUT2D eigenvalue weighted by Gasteiger charge is -2.15. The van der Waals surface area contributed by atoms with Gasteiger partial charge in [0.2, 0.25) is 0 Å². The zero-order valence-corrected chi connectivity index (χ0v) is 19.2. The summed E-state index contributed by atoms with van der Waals surface area (Å²) in [5.74, 6) is -0.440. The number of hydrogen-bond acceptors (Lipinski definition) is 3. The molecule has 0 bridgehead atoms. The van der Waals surface area contributed by atoms with Gasteiger partial charge in [0.25, 0.3) is 11.8 Å². The van der Waals surface area contributed by atoms with Gasteiger partial charge >= 0.3 is 0 Å². The van der Waals surface area contributed by atoms with Gasteiger partial charge in [0, 0.05) is 20.4 Å². The summed E-state index contributed by atoms with van der Waals surface area (Å²) in [5.41, 5.74) is 2.79. The van der Waals surface area contributed by atoms with E-state index in [1.807, 2.05) is 49.4 Å². The molecule has 2 amide bonds.